The number of benzene rings is 1. The van der Waals surface area contributed by atoms with Gasteiger partial charge in [-0.1, -0.05) is 11.6 Å². The van der Waals surface area contributed by atoms with E-state index in [2.05, 4.69) is 19.8 Å². The number of anilines is 2. The van der Waals surface area contributed by atoms with E-state index in [1.54, 1.807) is 6.07 Å². The Morgan fingerprint density at radius 1 is 1.04 bits per heavy atom. The zero-order valence-electron chi connectivity index (χ0n) is 14.5. The summed E-state index contributed by atoms with van der Waals surface area (Å²) in [6, 6.07) is 4.99. The van der Waals surface area contributed by atoms with Gasteiger partial charge in [-0.05, 0) is 26.3 Å². The van der Waals surface area contributed by atoms with E-state index < -0.39 is 4.92 Å². The highest BCUT2D eigenvalue weighted by atomic mass is 35.5. The van der Waals surface area contributed by atoms with Crippen LogP contribution in [0.4, 0.5) is 17.2 Å². The van der Waals surface area contributed by atoms with Gasteiger partial charge < -0.3 is 9.80 Å². The van der Waals surface area contributed by atoms with Gasteiger partial charge in [0.2, 0.25) is 0 Å². The fourth-order valence-corrected chi connectivity index (χ4v) is 3.62. The van der Waals surface area contributed by atoms with Gasteiger partial charge in [0.15, 0.2) is 0 Å². The molecule has 132 valence electrons. The molecule has 0 aliphatic carbocycles. The predicted molar refractivity (Wildman–Crippen MR) is 98.8 cm³/mol. The molecule has 1 aliphatic rings. The maximum atomic E-state index is 11.0. The van der Waals surface area contributed by atoms with Gasteiger partial charge in [-0.3, -0.25) is 10.1 Å². The van der Waals surface area contributed by atoms with Gasteiger partial charge in [-0.15, -0.1) is 0 Å². The molecule has 0 N–H and O–H groups in total. The fourth-order valence-electron chi connectivity index (χ4n) is 3.24. The number of hydrogen-bond acceptors (Lipinski definition) is 6. The lowest BCUT2D eigenvalue weighted by Crippen LogP contribution is -2.47. The number of nitro benzene ring substituents is 1. The molecule has 2 aromatic rings. The van der Waals surface area contributed by atoms with E-state index in [1.807, 2.05) is 26.8 Å². The molecule has 1 saturated heterocycles. The first-order valence-electron chi connectivity index (χ1n) is 8.12. The Morgan fingerprint density at radius 2 is 1.68 bits per heavy atom. The summed E-state index contributed by atoms with van der Waals surface area (Å²) in [5, 5.41) is 11.4. The molecule has 7 nitrogen and oxygen atoms in total. The van der Waals surface area contributed by atoms with E-state index >= 15 is 0 Å². The van der Waals surface area contributed by atoms with Crippen LogP contribution in [0.1, 0.15) is 17.1 Å². The first-order chi connectivity index (χ1) is 11.8. The minimum absolute atomic E-state index is 0.0248. The predicted octanol–water partition coefficient (Wildman–Crippen LogP) is 3.29. The Morgan fingerprint density at radius 3 is 2.24 bits per heavy atom. The van der Waals surface area contributed by atoms with Crippen LogP contribution in [-0.4, -0.2) is 41.1 Å². The number of rotatable bonds is 3. The highest BCUT2D eigenvalue weighted by Gasteiger charge is 2.23. The number of piperazine rings is 1. The second kappa shape index (κ2) is 6.84. The fraction of sp³-hybridized carbons (Fsp3) is 0.412. The Kier molecular flexibility index (Phi) is 4.76. The number of aromatic nitrogens is 2. The normalized spacial score (nSPS) is 14.7. The Bertz CT molecular complexity index is 775. The minimum Gasteiger partial charge on any atom is -0.367 e. The van der Waals surface area contributed by atoms with E-state index in [0.717, 1.165) is 54.8 Å². The number of nitro groups is 1. The summed E-state index contributed by atoms with van der Waals surface area (Å²) in [6.45, 7) is 8.89. The summed E-state index contributed by atoms with van der Waals surface area (Å²) in [7, 11) is 0. The van der Waals surface area contributed by atoms with Gasteiger partial charge in [-0.25, -0.2) is 9.97 Å². The van der Waals surface area contributed by atoms with Gasteiger partial charge >= 0.3 is 0 Å². The molecular formula is C17H20ClN5O2. The maximum Gasteiger partial charge on any atom is 0.271 e. The second-order valence-electron chi connectivity index (χ2n) is 6.24. The third-order valence-electron chi connectivity index (χ3n) is 4.32. The van der Waals surface area contributed by atoms with Crippen LogP contribution in [-0.2, 0) is 0 Å². The van der Waals surface area contributed by atoms with E-state index in [4.69, 9.17) is 11.6 Å². The lowest BCUT2D eigenvalue weighted by molar-refractivity contribution is -0.384. The van der Waals surface area contributed by atoms with Crippen LogP contribution in [0.25, 0.3) is 0 Å². The summed E-state index contributed by atoms with van der Waals surface area (Å²) >= 11 is 6.33. The van der Waals surface area contributed by atoms with Crippen molar-refractivity contribution < 1.29 is 4.92 Å². The topological polar surface area (TPSA) is 75.4 Å². The third-order valence-corrected chi connectivity index (χ3v) is 4.61. The average Bonchev–Trinajstić information content (AvgIpc) is 2.53. The van der Waals surface area contributed by atoms with Crippen molar-refractivity contribution >= 4 is 28.8 Å². The quantitative estimate of drug-likeness (QED) is 0.616. The molecule has 0 spiro atoms. The Hall–Kier alpha value is -2.41. The highest BCUT2D eigenvalue weighted by molar-refractivity contribution is 6.33. The number of aryl methyl sites for hydroxylation is 3. The van der Waals surface area contributed by atoms with E-state index in [9.17, 15) is 10.1 Å². The molecule has 0 saturated carbocycles. The lowest BCUT2D eigenvalue weighted by atomic mass is 10.1. The Labute approximate surface area is 151 Å². The highest BCUT2D eigenvalue weighted by Crippen LogP contribution is 2.34. The molecule has 1 aromatic carbocycles. The van der Waals surface area contributed by atoms with Crippen LogP contribution in [0.15, 0.2) is 18.2 Å². The zero-order valence-corrected chi connectivity index (χ0v) is 15.2. The maximum absolute atomic E-state index is 11.0. The summed E-state index contributed by atoms with van der Waals surface area (Å²) in [6.07, 6.45) is 0. The number of non-ortho nitro benzene ring substituents is 1. The standard InChI is InChI=1S/C17H20ClN5O2/c1-11-8-14(23(24)25)10-15(18)17(11)22-6-4-21(5-7-22)16-9-12(2)19-13(3)20-16/h8-10H,4-7H2,1-3H3. The van der Waals surface area contributed by atoms with Gasteiger partial charge in [0.25, 0.3) is 5.69 Å². The summed E-state index contributed by atoms with van der Waals surface area (Å²) in [5.74, 6) is 1.71. The molecule has 0 unspecified atom stereocenters. The van der Waals surface area contributed by atoms with E-state index in [1.165, 1.54) is 6.07 Å². The lowest BCUT2D eigenvalue weighted by Gasteiger charge is -2.37. The molecule has 2 heterocycles. The van der Waals surface area contributed by atoms with Crippen molar-refractivity contribution in [1.29, 1.82) is 0 Å². The van der Waals surface area contributed by atoms with Gasteiger partial charge in [0, 0.05) is 50.1 Å². The van der Waals surface area contributed by atoms with Crippen molar-refractivity contribution in [3.05, 3.63) is 50.4 Å². The molecule has 0 amide bonds. The van der Waals surface area contributed by atoms with Gasteiger partial charge in [0.05, 0.1) is 15.6 Å². The van der Waals surface area contributed by atoms with Crippen molar-refractivity contribution in [1.82, 2.24) is 9.97 Å². The van der Waals surface area contributed by atoms with E-state index in [-0.39, 0.29) is 5.69 Å². The van der Waals surface area contributed by atoms with Crippen LogP contribution in [0.5, 0.6) is 0 Å². The van der Waals surface area contributed by atoms with Crippen molar-refractivity contribution in [3.63, 3.8) is 0 Å². The summed E-state index contributed by atoms with van der Waals surface area (Å²) in [4.78, 5) is 23.8. The molecule has 3 rings (SSSR count). The molecule has 25 heavy (non-hydrogen) atoms. The molecule has 0 bridgehead atoms. The minimum atomic E-state index is -0.416. The van der Waals surface area contributed by atoms with Crippen molar-refractivity contribution in [3.8, 4) is 0 Å². The SMILES string of the molecule is Cc1cc(N2CCN(c3c(C)cc([N+](=O)[O-])cc3Cl)CC2)nc(C)n1. The number of hydrogen-bond donors (Lipinski definition) is 0. The van der Waals surface area contributed by atoms with E-state index in [0.29, 0.717) is 5.02 Å². The molecular weight excluding hydrogens is 342 g/mol. The van der Waals surface area contributed by atoms with Crippen molar-refractivity contribution in [2.45, 2.75) is 20.8 Å². The van der Waals surface area contributed by atoms with Crippen molar-refractivity contribution in [2.24, 2.45) is 0 Å². The summed E-state index contributed by atoms with van der Waals surface area (Å²) < 4.78 is 0. The van der Waals surface area contributed by atoms with Crippen molar-refractivity contribution in [2.75, 3.05) is 36.0 Å². The average molecular weight is 362 g/mol. The molecule has 1 aromatic heterocycles. The second-order valence-corrected chi connectivity index (χ2v) is 6.65. The number of halogens is 1. The van der Waals surface area contributed by atoms with Crippen LogP contribution in [0.3, 0.4) is 0 Å². The van der Waals surface area contributed by atoms with Crippen LogP contribution >= 0.6 is 11.6 Å². The van der Waals surface area contributed by atoms with Crippen LogP contribution in [0, 0.1) is 30.9 Å². The van der Waals surface area contributed by atoms with Crippen LogP contribution < -0.4 is 9.80 Å². The largest absolute Gasteiger partial charge is 0.367 e. The molecule has 1 fully saturated rings. The van der Waals surface area contributed by atoms with Gasteiger partial charge in [-0.2, -0.15) is 0 Å². The third kappa shape index (κ3) is 3.66. The van der Waals surface area contributed by atoms with Crippen LogP contribution in [0.2, 0.25) is 5.02 Å². The Balaban J connectivity index is 1.77. The molecule has 0 atom stereocenters. The molecule has 1 aliphatic heterocycles. The molecule has 0 radical (unpaired) electrons. The number of nitrogens with zero attached hydrogens (tertiary/aromatic N) is 5. The smallest absolute Gasteiger partial charge is 0.271 e. The van der Waals surface area contributed by atoms with Gasteiger partial charge in [0.1, 0.15) is 11.6 Å². The monoisotopic (exact) mass is 361 g/mol. The first-order valence-corrected chi connectivity index (χ1v) is 8.49. The summed E-state index contributed by atoms with van der Waals surface area (Å²) in [5.41, 5.74) is 2.68. The molecule has 8 heteroatoms. The zero-order chi connectivity index (χ0) is 18.1. The first kappa shape index (κ1) is 17.4.